The molecule has 1 amide bonds. The third-order valence-corrected chi connectivity index (χ3v) is 2.68. The van der Waals surface area contributed by atoms with Crippen LogP contribution in [0.3, 0.4) is 0 Å². The van der Waals surface area contributed by atoms with Crippen LogP contribution in [0.2, 0.25) is 5.02 Å². The van der Waals surface area contributed by atoms with Crippen LogP contribution in [0.25, 0.3) is 0 Å². The Bertz CT molecular complexity index is 496. The van der Waals surface area contributed by atoms with Crippen molar-refractivity contribution in [3.63, 3.8) is 0 Å². The summed E-state index contributed by atoms with van der Waals surface area (Å²) in [6.07, 6.45) is -0.0843. The molecule has 0 saturated heterocycles. The Labute approximate surface area is 123 Å². The molecule has 1 aromatic rings. The second kappa shape index (κ2) is 6.61. The van der Waals surface area contributed by atoms with Crippen molar-refractivity contribution >= 4 is 24.0 Å². The number of benzene rings is 1. The van der Waals surface area contributed by atoms with Gasteiger partial charge >= 0.3 is 6.09 Å². The Morgan fingerprint density at radius 2 is 2.05 bits per heavy atom. The molecule has 1 rings (SSSR count). The summed E-state index contributed by atoms with van der Waals surface area (Å²) in [7, 11) is 1.52. The van der Waals surface area contributed by atoms with Crippen molar-refractivity contribution in [2.24, 2.45) is 0 Å². The van der Waals surface area contributed by atoms with Crippen molar-refractivity contribution in [2.75, 3.05) is 7.11 Å². The molecule has 1 aromatic carbocycles. The van der Waals surface area contributed by atoms with Gasteiger partial charge in [0.05, 0.1) is 7.11 Å². The minimum Gasteiger partial charge on any atom is -0.497 e. The zero-order chi connectivity index (χ0) is 15.3. The molecule has 110 valence electrons. The predicted molar refractivity (Wildman–Crippen MR) is 76.2 cm³/mol. The van der Waals surface area contributed by atoms with Gasteiger partial charge in [0.2, 0.25) is 0 Å². The third-order valence-electron chi connectivity index (χ3n) is 2.35. The number of hydrogen-bond acceptors (Lipinski definition) is 4. The summed E-state index contributed by atoms with van der Waals surface area (Å²) in [4.78, 5) is 22.8. The molecule has 0 aliphatic heterocycles. The fourth-order valence-electron chi connectivity index (χ4n) is 1.51. The van der Waals surface area contributed by atoms with Crippen LogP contribution in [0.5, 0.6) is 5.75 Å². The topological polar surface area (TPSA) is 64.6 Å². The standard InChI is InChI=1S/C14H18ClNO4/c1-14(2,3)20-13(18)16-12(8-17)10-6-5-9(19-4)7-11(10)15/h5-8,12H,1-4H3,(H,16,18). The maximum atomic E-state index is 11.7. The van der Waals surface area contributed by atoms with Crippen molar-refractivity contribution in [1.29, 1.82) is 0 Å². The second-order valence-corrected chi connectivity index (χ2v) is 5.55. The highest BCUT2D eigenvalue weighted by molar-refractivity contribution is 6.31. The van der Waals surface area contributed by atoms with Gasteiger partial charge in [-0.05, 0) is 32.9 Å². The van der Waals surface area contributed by atoms with Crippen molar-refractivity contribution in [3.8, 4) is 5.75 Å². The van der Waals surface area contributed by atoms with Gasteiger partial charge in [0.1, 0.15) is 23.7 Å². The van der Waals surface area contributed by atoms with E-state index in [0.717, 1.165) is 0 Å². The van der Waals surface area contributed by atoms with E-state index in [2.05, 4.69) is 5.32 Å². The van der Waals surface area contributed by atoms with Gasteiger partial charge in [0, 0.05) is 10.6 Å². The number of methoxy groups -OCH3 is 1. The van der Waals surface area contributed by atoms with Gasteiger partial charge in [0.15, 0.2) is 0 Å². The molecule has 0 spiro atoms. The largest absolute Gasteiger partial charge is 0.497 e. The number of ether oxygens (including phenoxy) is 2. The van der Waals surface area contributed by atoms with Crippen molar-refractivity contribution in [2.45, 2.75) is 32.4 Å². The maximum Gasteiger partial charge on any atom is 0.408 e. The second-order valence-electron chi connectivity index (χ2n) is 5.15. The summed E-state index contributed by atoms with van der Waals surface area (Å²) in [6.45, 7) is 5.22. The quantitative estimate of drug-likeness (QED) is 0.868. The molecule has 20 heavy (non-hydrogen) atoms. The lowest BCUT2D eigenvalue weighted by Gasteiger charge is -2.22. The third kappa shape index (κ3) is 4.74. The number of nitrogens with one attached hydrogen (secondary N) is 1. The van der Waals surface area contributed by atoms with Gasteiger partial charge < -0.3 is 19.6 Å². The number of halogens is 1. The van der Waals surface area contributed by atoms with Gasteiger partial charge in [-0.25, -0.2) is 4.79 Å². The first-order chi connectivity index (χ1) is 9.26. The molecule has 0 fully saturated rings. The average molecular weight is 300 g/mol. The molecule has 0 aliphatic carbocycles. The number of aldehydes is 1. The lowest BCUT2D eigenvalue weighted by molar-refractivity contribution is -0.109. The van der Waals surface area contributed by atoms with E-state index in [0.29, 0.717) is 22.6 Å². The first-order valence-corrected chi connectivity index (χ1v) is 6.43. The zero-order valence-electron chi connectivity index (χ0n) is 11.9. The zero-order valence-corrected chi connectivity index (χ0v) is 12.7. The predicted octanol–water partition coefficient (Wildman–Crippen LogP) is 3.11. The van der Waals surface area contributed by atoms with Crippen molar-refractivity contribution < 1.29 is 19.1 Å². The van der Waals surface area contributed by atoms with Crippen LogP contribution < -0.4 is 10.1 Å². The maximum absolute atomic E-state index is 11.7. The Morgan fingerprint density at radius 3 is 2.50 bits per heavy atom. The van der Waals surface area contributed by atoms with Crippen LogP contribution in [0.15, 0.2) is 18.2 Å². The minimum absolute atomic E-state index is 0.331. The molecule has 0 aromatic heterocycles. The number of rotatable bonds is 4. The number of amides is 1. The molecular weight excluding hydrogens is 282 g/mol. The Balaban J connectivity index is 2.86. The van der Waals surface area contributed by atoms with E-state index in [4.69, 9.17) is 21.1 Å². The van der Waals surface area contributed by atoms with Crippen LogP contribution >= 0.6 is 11.6 Å². The highest BCUT2D eigenvalue weighted by atomic mass is 35.5. The van der Waals surface area contributed by atoms with E-state index in [1.165, 1.54) is 7.11 Å². The molecule has 0 bridgehead atoms. The highest BCUT2D eigenvalue weighted by Gasteiger charge is 2.21. The minimum atomic E-state index is -0.872. The van der Waals surface area contributed by atoms with E-state index in [-0.39, 0.29) is 0 Å². The number of carbonyl (C=O) groups excluding carboxylic acids is 2. The van der Waals surface area contributed by atoms with Crippen molar-refractivity contribution in [3.05, 3.63) is 28.8 Å². The van der Waals surface area contributed by atoms with E-state index >= 15 is 0 Å². The molecule has 0 radical (unpaired) electrons. The molecule has 0 aliphatic rings. The van der Waals surface area contributed by atoms with Crippen LogP contribution in [0.1, 0.15) is 32.4 Å². The number of alkyl carbamates (subject to hydrolysis) is 1. The Hall–Kier alpha value is -1.75. The van der Waals surface area contributed by atoms with Crippen LogP contribution in [0.4, 0.5) is 4.79 Å². The van der Waals surface area contributed by atoms with Gasteiger partial charge in [-0.15, -0.1) is 0 Å². The van der Waals surface area contributed by atoms with E-state index < -0.39 is 17.7 Å². The molecule has 1 atom stereocenters. The fraction of sp³-hybridized carbons (Fsp3) is 0.429. The number of hydrogen-bond donors (Lipinski definition) is 1. The molecule has 0 heterocycles. The van der Waals surface area contributed by atoms with Gasteiger partial charge in [-0.3, -0.25) is 0 Å². The fourth-order valence-corrected chi connectivity index (χ4v) is 1.79. The van der Waals surface area contributed by atoms with E-state index in [1.54, 1.807) is 39.0 Å². The summed E-state index contributed by atoms with van der Waals surface area (Å²) >= 11 is 6.07. The van der Waals surface area contributed by atoms with Crippen molar-refractivity contribution in [1.82, 2.24) is 5.32 Å². The summed E-state index contributed by atoms with van der Waals surface area (Å²) in [5, 5.41) is 2.79. The molecule has 0 saturated carbocycles. The molecule has 5 nitrogen and oxygen atoms in total. The summed E-state index contributed by atoms with van der Waals surface area (Å²) in [6, 6.07) is 3.99. The Morgan fingerprint density at radius 1 is 1.40 bits per heavy atom. The summed E-state index contributed by atoms with van der Waals surface area (Å²) < 4.78 is 10.1. The molecule has 1 unspecified atom stereocenters. The highest BCUT2D eigenvalue weighted by Crippen LogP contribution is 2.26. The normalized spacial score (nSPS) is 12.4. The van der Waals surface area contributed by atoms with Gasteiger partial charge in [0.25, 0.3) is 0 Å². The Kier molecular flexibility index (Phi) is 5.39. The lowest BCUT2D eigenvalue weighted by Crippen LogP contribution is -2.35. The van der Waals surface area contributed by atoms with Gasteiger partial charge in [-0.1, -0.05) is 17.7 Å². The molecule has 1 N–H and O–H groups in total. The smallest absolute Gasteiger partial charge is 0.408 e. The van der Waals surface area contributed by atoms with Crippen LogP contribution in [-0.2, 0) is 9.53 Å². The molecule has 6 heteroatoms. The molecular formula is C14H18ClNO4. The summed E-state index contributed by atoms with van der Waals surface area (Å²) in [5.74, 6) is 0.570. The first kappa shape index (κ1) is 16.3. The van der Waals surface area contributed by atoms with Crippen LogP contribution in [0, 0.1) is 0 Å². The first-order valence-electron chi connectivity index (χ1n) is 6.05. The summed E-state index contributed by atoms with van der Waals surface area (Å²) in [5.41, 5.74) is -0.158. The van der Waals surface area contributed by atoms with Gasteiger partial charge in [-0.2, -0.15) is 0 Å². The number of carbonyl (C=O) groups is 2. The van der Waals surface area contributed by atoms with E-state index in [1.807, 2.05) is 0 Å². The van der Waals surface area contributed by atoms with E-state index in [9.17, 15) is 9.59 Å². The monoisotopic (exact) mass is 299 g/mol. The SMILES string of the molecule is COc1ccc(C(C=O)NC(=O)OC(C)(C)C)c(Cl)c1. The van der Waals surface area contributed by atoms with Crippen LogP contribution in [-0.4, -0.2) is 25.1 Å². The average Bonchev–Trinajstić information content (AvgIpc) is 2.34. The lowest BCUT2D eigenvalue weighted by atomic mass is 10.1.